The number of carbonyl (C=O) groups excluding carboxylic acids is 1. The first-order valence-corrected chi connectivity index (χ1v) is 6.56. The van der Waals surface area contributed by atoms with Crippen molar-refractivity contribution in [1.29, 1.82) is 0 Å². The number of amides is 1. The molecule has 0 saturated heterocycles. The van der Waals surface area contributed by atoms with Crippen molar-refractivity contribution < 1.29 is 27.4 Å². The number of carbonyl (C=O) groups is 1. The molecule has 0 saturated carbocycles. The maximum atomic E-state index is 12.2. The Morgan fingerprint density at radius 1 is 1.39 bits per heavy atom. The molecule has 0 spiro atoms. The van der Waals surface area contributed by atoms with E-state index in [9.17, 15) is 18.0 Å². The molecule has 23 heavy (non-hydrogen) atoms. The molecule has 1 amide bonds. The molecule has 0 aliphatic carbocycles. The van der Waals surface area contributed by atoms with Crippen LogP contribution in [0.5, 0.6) is 5.75 Å². The third-order valence-corrected chi connectivity index (χ3v) is 2.98. The Labute approximate surface area is 138 Å². The van der Waals surface area contributed by atoms with Crippen molar-refractivity contribution in [2.45, 2.75) is 25.4 Å². The highest BCUT2D eigenvalue weighted by Crippen LogP contribution is 2.23. The van der Waals surface area contributed by atoms with E-state index in [-0.39, 0.29) is 49.7 Å². The summed E-state index contributed by atoms with van der Waals surface area (Å²) in [7, 11) is 3.02. The number of hydrogen-bond donors (Lipinski definition) is 1. The third kappa shape index (κ3) is 8.06. The normalized spacial score (nSPS) is 12.3. The fourth-order valence-electron chi connectivity index (χ4n) is 1.82. The molecule has 2 N–H and O–H groups in total. The van der Waals surface area contributed by atoms with E-state index in [0.717, 1.165) is 0 Å². The number of methoxy groups -OCH3 is 1. The van der Waals surface area contributed by atoms with Crippen LogP contribution in [0.4, 0.5) is 13.2 Å². The third-order valence-electron chi connectivity index (χ3n) is 2.98. The van der Waals surface area contributed by atoms with E-state index < -0.39 is 6.36 Å². The standard InChI is InChI=1S/C14H19F3N2O3.ClH/c1-19(13(20)7-12(8-18)21-2)9-10-4-3-5-11(6-10)22-14(15,16)17;/h3-6,12H,7-9,18H2,1-2H3;1H. The van der Waals surface area contributed by atoms with Gasteiger partial charge in [0, 0.05) is 27.2 Å². The molecule has 9 heteroatoms. The van der Waals surface area contributed by atoms with Gasteiger partial charge in [-0.1, -0.05) is 12.1 Å². The van der Waals surface area contributed by atoms with Crippen LogP contribution in [-0.4, -0.2) is 44.0 Å². The number of halogens is 4. The highest BCUT2D eigenvalue weighted by molar-refractivity contribution is 5.85. The topological polar surface area (TPSA) is 64.8 Å². The SMILES string of the molecule is COC(CN)CC(=O)N(C)Cc1cccc(OC(F)(F)F)c1.Cl. The summed E-state index contributed by atoms with van der Waals surface area (Å²) in [6.07, 6.45) is -5.01. The second kappa shape index (κ2) is 9.59. The lowest BCUT2D eigenvalue weighted by Gasteiger charge is -2.20. The molecule has 1 atom stereocenters. The largest absolute Gasteiger partial charge is 0.573 e. The molecule has 0 radical (unpaired) electrons. The van der Waals surface area contributed by atoms with Gasteiger partial charge < -0.3 is 20.1 Å². The fourth-order valence-corrected chi connectivity index (χ4v) is 1.82. The van der Waals surface area contributed by atoms with Crippen LogP contribution in [0.25, 0.3) is 0 Å². The van der Waals surface area contributed by atoms with Gasteiger partial charge in [-0.25, -0.2) is 0 Å². The molecule has 5 nitrogen and oxygen atoms in total. The smallest absolute Gasteiger partial charge is 0.406 e. The Morgan fingerprint density at radius 2 is 2.04 bits per heavy atom. The quantitative estimate of drug-likeness (QED) is 0.814. The van der Waals surface area contributed by atoms with Gasteiger partial charge in [0.2, 0.25) is 5.91 Å². The minimum Gasteiger partial charge on any atom is -0.406 e. The molecule has 0 aliphatic heterocycles. The van der Waals surface area contributed by atoms with Crippen LogP contribution in [0.15, 0.2) is 24.3 Å². The minimum atomic E-state index is -4.74. The maximum absolute atomic E-state index is 12.2. The lowest BCUT2D eigenvalue weighted by molar-refractivity contribution is -0.274. The highest BCUT2D eigenvalue weighted by atomic mass is 35.5. The van der Waals surface area contributed by atoms with Crippen molar-refractivity contribution in [3.8, 4) is 5.75 Å². The van der Waals surface area contributed by atoms with E-state index in [4.69, 9.17) is 10.5 Å². The lowest BCUT2D eigenvalue weighted by Crippen LogP contribution is -2.33. The summed E-state index contributed by atoms with van der Waals surface area (Å²) < 4.78 is 45.4. The maximum Gasteiger partial charge on any atom is 0.573 e. The van der Waals surface area contributed by atoms with Gasteiger partial charge in [0.15, 0.2) is 0 Å². The molecule has 132 valence electrons. The molecule has 0 heterocycles. The summed E-state index contributed by atoms with van der Waals surface area (Å²) in [5.41, 5.74) is 5.97. The summed E-state index contributed by atoms with van der Waals surface area (Å²) in [5.74, 6) is -0.526. The summed E-state index contributed by atoms with van der Waals surface area (Å²) in [4.78, 5) is 13.4. The Morgan fingerprint density at radius 3 is 2.57 bits per heavy atom. The van der Waals surface area contributed by atoms with Crippen molar-refractivity contribution in [2.75, 3.05) is 20.7 Å². The number of hydrogen-bond acceptors (Lipinski definition) is 4. The molecule has 1 aromatic rings. The predicted molar refractivity (Wildman–Crippen MR) is 81.3 cm³/mol. The van der Waals surface area contributed by atoms with E-state index in [2.05, 4.69) is 4.74 Å². The first-order chi connectivity index (χ1) is 10.2. The zero-order valence-electron chi connectivity index (χ0n) is 12.8. The molecule has 1 unspecified atom stereocenters. The van der Waals surface area contributed by atoms with E-state index in [1.165, 1.54) is 30.2 Å². The van der Waals surface area contributed by atoms with Crippen LogP contribution in [0.2, 0.25) is 0 Å². The van der Waals surface area contributed by atoms with Crippen LogP contribution < -0.4 is 10.5 Å². The Balaban J connectivity index is 0.00000484. The second-order valence-corrected chi connectivity index (χ2v) is 4.74. The second-order valence-electron chi connectivity index (χ2n) is 4.74. The van der Waals surface area contributed by atoms with Gasteiger partial charge in [-0.3, -0.25) is 4.79 Å². The van der Waals surface area contributed by atoms with Crippen LogP contribution in [0.3, 0.4) is 0 Å². The Hall–Kier alpha value is -1.51. The van der Waals surface area contributed by atoms with Crippen molar-refractivity contribution in [3.63, 3.8) is 0 Å². The number of rotatable bonds is 7. The number of nitrogens with two attached hydrogens (primary N) is 1. The van der Waals surface area contributed by atoms with Gasteiger partial charge in [0.25, 0.3) is 0 Å². The Bertz CT molecular complexity index is 496. The van der Waals surface area contributed by atoms with Crippen LogP contribution in [0.1, 0.15) is 12.0 Å². The van der Waals surface area contributed by atoms with Gasteiger partial charge in [-0.15, -0.1) is 25.6 Å². The first-order valence-electron chi connectivity index (χ1n) is 6.56. The molecule has 0 fully saturated rings. The lowest BCUT2D eigenvalue weighted by atomic mass is 10.2. The molecule has 0 bridgehead atoms. The van der Waals surface area contributed by atoms with Gasteiger partial charge in [-0.05, 0) is 17.7 Å². The summed E-state index contributed by atoms with van der Waals surface area (Å²) >= 11 is 0. The Kier molecular flexibility index (Phi) is 8.96. The average Bonchev–Trinajstić information content (AvgIpc) is 2.42. The fraction of sp³-hybridized carbons (Fsp3) is 0.500. The molecule has 0 aliphatic rings. The van der Waals surface area contributed by atoms with Gasteiger partial charge in [0.1, 0.15) is 5.75 Å². The number of benzene rings is 1. The van der Waals surface area contributed by atoms with Crippen LogP contribution >= 0.6 is 12.4 Å². The molecule has 1 aromatic carbocycles. The molecular formula is C14H20ClF3N2O3. The van der Waals surface area contributed by atoms with E-state index in [1.54, 1.807) is 13.1 Å². The average molecular weight is 357 g/mol. The number of ether oxygens (including phenoxy) is 2. The number of alkyl halides is 3. The first kappa shape index (κ1) is 21.5. The summed E-state index contributed by atoms with van der Waals surface area (Å²) in [6.45, 7) is 0.375. The minimum absolute atomic E-state index is 0. The van der Waals surface area contributed by atoms with Crippen molar-refractivity contribution in [2.24, 2.45) is 5.73 Å². The monoisotopic (exact) mass is 356 g/mol. The van der Waals surface area contributed by atoms with E-state index in [1.807, 2.05) is 0 Å². The van der Waals surface area contributed by atoms with Crippen molar-refractivity contribution in [1.82, 2.24) is 4.90 Å². The van der Waals surface area contributed by atoms with Gasteiger partial charge in [0.05, 0.1) is 12.5 Å². The van der Waals surface area contributed by atoms with Crippen molar-refractivity contribution in [3.05, 3.63) is 29.8 Å². The predicted octanol–water partition coefficient (Wildman–Crippen LogP) is 2.33. The summed E-state index contributed by atoms with van der Waals surface area (Å²) in [6, 6.07) is 5.50. The van der Waals surface area contributed by atoms with Crippen LogP contribution in [-0.2, 0) is 16.1 Å². The van der Waals surface area contributed by atoms with Gasteiger partial charge >= 0.3 is 6.36 Å². The highest BCUT2D eigenvalue weighted by Gasteiger charge is 2.31. The summed E-state index contributed by atoms with van der Waals surface area (Å²) in [5, 5.41) is 0. The zero-order chi connectivity index (χ0) is 16.8. The van der Waals surface area contributed by atoms with E-state index in [0.29, 0.717) is 5.56 Å². The number of nitrogens with zero attached hydrogens (tertiary/aromatic N) is 1. The van der Waals surface area contributed by atoms with Crippen LogP contribution in [0, 0.1) is 0 Å². The van der Waals surface area contributed by atoms with Crippen molar-refractivity contribution >= 4 is 18.3 Å². The van der Waals surface area contributed by atoms with Gasteiger partial charge in [-0.2, -0.15) is 0 Å². The molecule has 1 rings (SSSR count). The molecular weight excluding hydrogens is 337 g/mol. The molecule has 0 aromatic heterocycles. The van der Waals surface area contributed by atoms with E-state index >= 15 is 0 Å². The zero-order valence-corrected chi connectivity index (χ0v) is 13.6.